The van der Waals surface area contributed by atoms with Crippen LogP contribution in [0.2, 0.25) is 0 Å². The molecule has 0 unspecified atom stereocenters. The number of hydrogen-bond donors (Lipinski definition) is 4. The van der Waals surface area contributed by atoms with E-state index in [9.17, 15) is 19.5 Å². The first kappa shape index (κ1) is 23.0. The molecule has 0 fully saturated rings. The SMILES string of the molecule is CC(C)CC(=O)N[C@](S)(CC(C)C)C(=O)N[C@@H](Cc1ccccc1)C(=O)O. The molecule has 0 aliphatic heterocycles. The van der Waals surface area contributed by atoms with Gasteiger partial charge in [0.15, 0.2) is 4.87 Å². The van der Waals surface area contributed by atoms with Gasteiger partial charge in [-0.3, -0.25) is 9.59 Å². The summed E-state index contributed by atoms with van der Waals surface area (Å²) in [4.78, 5) is 35.2. The van der Waals surface area contributed by atoms with E-state index < -0.39 is 22.8 Å². The lowest BCUT2D eigenvalue weighted by Crippen LogP contribution is -2.59. The van der Waals surface area contributed by atoms with Crippen LogP contribution >= 0.6 is 12.6 Å². The minimum atomic E-state index is -1.47. The lowest BCUT2D eigenvalue weighted by atomic mass is 10.00. The highest BCUT2D eigenvalue weighted by molar-refractivity contribution is 7.82. The van der Waals surface area contributed by atoms with Gasteiger partial charge in [0, 0.05) is 12.8 Å². The predicted octanol–water partition coefficient (Wildman–Crippen LogP) is 2.63. The number of rotatable bonds is 10. The number of carboxylic acids is 1. The molecule has 27 heavy (non-hydrogen) atoms. The van der Waals surface area contributed by atoms with Crippen LogP contribution in [-0.2, 0) is 20.8 Å². The van der Waals surface area contributed by atoms with E-state index >= 15 is 0 Å². The Hall–Kier alpha value is -2.02. The Balaban J connectivity index is 2.94. The fraction of sp³-hybridized carbons (Fsp3) is 0.550. The number of carbonyl (C=O) groups excluding carboxylic acids is 2. The molecule has 0 aromatic heterocycles. The van der Waals surface area contributed by atoms with Crippen molar-refractivity contribution in [2.75, 3.05) is 0 Å². The van der Waals surface area contributed by atoms with Crippen molar-refractivity contribution in [2.24, 2.45) is 11.8 Å². The molecule has 1 aromatic rings. The maximum atomic E-state index is 12.9. The number of nitrogens with one attached hydrogen (secondary N) is 2. The zero-order valence-corrected chi connectivity index (χ0v) is 17.3. The molecule has 1 aromatic carbocycles. The Labute approximate surface area is 166 Å². The smallest absolute Gasteiger partial charge is 0.326 e. The lowest BCUT2D eigenvalue weighted by Gasteiger charge is -2.31. The summed E-state index contributed by atoms with van der Waals surface area (Å²) in [6.45, 7) is 7.63. The van der Waals surface area contributed by atoms with E-state index in [0.29, 0.717) is 0 Å². The van der Waals surface area contributed by atoms with Gasteiger partial charge in [0.05, 0.1) is 0 Å². The molecule has 0 aliphatic carbocycles. The summed E-state index contributed by atoms with van der Waals surface area (Å²) in [5, 5.41) is 14.7. The van der Waals surface area contributed by atoms with Crippen molar-refractivity contribution >= 4 is 30.4 Å². The maximum Gasteiger partial charge on any atom is 0.326 e. The number of hydrogen-bond acceptors (Lipinski definition) is 4. The van der Waals surface area contributed by atoms with Crippen LogP contribution < -0.4 is 10.6 Å². The molecule has 0 heterocycles. The van der Waals surface area contributed by atoms with Crippen molar-refractivity contribution in [3.05, 3.63) is 35.9 Å². The van der Waals surface area contributed by atoms with E-state index in [1.54, 1.807) is 12.1 Å². The van der Waals surface area contributed by atoms with Crippen molar-refractivity contribution in [2.45, 2.75) is 57.9 Å². The third-order valence-corrected chi connectivity index (χ3v) is 4.40. The van der Waals surface area contributed by atoms with Crippen LogP contribution in [0.1, 0.15) is 46.1 Å². The molecule has 3 N–H and O–H groups in total. The van der Waals surface area contributed by atoms with Crippen LogP contribution in [0, 0.1) is 11.8 Å². The fourth-order valence-electron chi connectivity index (χ4n) is 2.77. The molecule has 2 atom stereocenters. The average molecular weight is 395 g/mol. The second-order valence-corrected chi connectivity index (χ2v) is 8.42. The van der Waals surface area contributed by atoms with Crippen molar-refractivity contribution in [3.8, 4) is 0 Å². The molecule has 2 amide bonds. The number of benzene rings is 1. The summed E-state index contributed by atoms with van der Waals surface area (Å²) >= 11 is 4.45. The quantitative estimate of drug-likeness (QED) is 0.362. The number of carbonyl (C=O) groups is 3. The van der Waals surface area contributed by atoms with Gasteiger partial charge in [-0.2, -0.15) is 0 Å². The van der Waals surface area contributed by atoms with E-state index in [4.69, 9.17) is 0 Å². The molecule has 0 spiro atoms. The van der Waals surface area contributed by atoms with Crippen molar-refractivity contribution in [3.63, 3.8) is 0 Å². The summed E-state index contributed by atoms with van der Waals surface area (Å²) in [7, 11) is 0. The minimum Gasteiger partial charge on any atom is -0.480 e. The van der Waals surface area contributed by atoms with Gasteiger partial charge in [-0.05, 0) is 23.8 Å². The number of thiol groups is 1. The van der Waals surface area contributed by atoms with Gasteiger partial charge in [-0.25, -0.2) is 4.79 Å². The van der Waals surface area contributed by atoms with Gasteiger partial charge < -0.3 is 15.7 Å². The summed E-state index contributed by atoms with van der Waals surface area (Å²) in [6.07, 6.45) is 0.691. The highest BCUT2D eigenvalue weighted by Gasteiger charge is 2.38. The van der Waals surface area contributed by atoms with Crippen LogP contribution in [0.5, 0.6) is 0 Å². The molecule has 0 saturated heterocycles. The Morgan fingerprint density at radius 1 is 1.07 bits per heavy atom. The van der Waals surface area contributed by atoms with E-state index in [2.05, 4.69) is 23.3 Å². The predicted molar refractivity (Wildman–Crippen MR) is 108 cm³/mol. The van der Waals surface area contributed by atoms with Crippen LogP contribution in [0.3, 0.4) is 0 Å². The van der Waals surface area contributed by atoms with Gasteiger partial charge in [0.1, 0.15) is 6.04 Å². The monoisotopic (exact) mass is 394 g/mol. The maximum absolute atomic E-state index is 12.9. The normalized spacial score (nSPS) is 14.5. The van der Waals surface area contributed by atoms with Gasteiger partial charge in [0.25, 0.3) is 5.91 Å². The summed E-state index contributed by atoms with van der Waals surface area (Å²) in [6, 6.07) is 7.95. The molecule has 0 saturated carbocycles. The van der Waals surface area contributed by atoms with Gasteiger partial charge in [-0.15, -0.1) is 12.6 Å². The minimum absolute atomic E-state index is 0.0741. The van der Waals surface area contributed by atoms with Gasteiger partial charge >= 0.3 is 5.97 Å². The molecule has 1 rings (SSSR count). The molecule has 150 valence electrons. The van der Waals surface area contributed by atoms with Crippen LogP contribution in [0.25, 0.3) is 0 Å². The first-order valence-corrected chi connectivity index (χ1v) is 9.59. The Morgan fingerprint density at radius 3 is 2.15 bits per heavy atom. The molecule has 6 nitrogen and oxygen atoms in total. The summed E-state index contributed by atoms with van der Waals surface area (Å²) in [5.41, 5.74) is 0.794. The van der Waals surface area contributed by atoms with Crippen molar-refractivity contribution < 1.29 is 19.5 Å². The van der Waals surface area contributed by atoms with E-state index in [-0.39, 0.29) is 37.0 Å². The highest BCUT2D eigenvalue weighted by Crippen LogP contribution is 2.23. The second-order valence-electron chi connectivity index (χ2n) is 7.66. The Kier molecular flexibility index (Phi) is 8.82. The molecule has 7 heteroatoms. The van der Waals surface area contributed by atoms with E-state index in [1.807, 2.05) is 45.9 Å². The van der Waals surface area contributed by atoms with Gasteiger partial charge in [0.2, 0.25) is 5.91 Å². The van der Waals surface area contributed by atoms with Gasteiger partial charge in [-0.1, -0.05) is 58.0 Å². The summed E-state index contributed by atoms with van der Waals surface area (Å²) < 4.78 is 0. The summed E-state index contributed by atoms with van der Waals surface area (Å²) in [5.74, 6) is -1.83. The zero-order valence-electron chi connectivity index (χ0n) is 16.4. The zero-order chi connectivity index (χ0) is 20.6. The second kappa shape index (κ2) is 10.3. The molecular weight excluding hydrogens is 364 g/mol. The Bertz CT molecular complexity index is 649. The standard InChI is InChI=1S/C20H30N2O4S/c1-13(2)10-17(23)22-20(27,12-14(3)4)19(26)21-16(18(24)25)11-15-8-6-5-7-9-15/h5-9,13-14,16,27H,10-12H2,1-4H3,(H,21,26)(H,22,23)(H,24,25)/t16-,20-/m0/s1. The lowest BCUT2D eigenvalue weighted by molar-refractivity contribution is -0.142. The average Bonchev–Trinajstić information content (AvgIpc) is 2.53. The van der Waals surface area contributed by atoms with E-state index in [1.165, 1.54) is 0 Å². The van der Waals surface area contributed by atoms with Crippen LogP contribution in [-0.4, -0.2) is 33.8 Å². The molecule has 0 bridgehead atoms. The topological polar surface area (TPSA) is 95.5 Å². The molecule has 0 aliphatic rings. The third kappa shape index (κ3) is 8.03. The number of carboxylic acid groups (broad SMARTS) is 1. The largest absolute Gasteiger partial charge is 0.480 e. The van der Waals surface area contributed by atoms with Crippen LogP contribution in [0.4, 0.5) is 0 Å². The van der Waals surface area contributed by atoms with E-state index in [0.717, 1.165) is 5.56 Å². The van der Waals surface area contributed by atoms with Crippen LogP contribution in [0.15, 0.2) is 30.3 Å². The van der Waals surface area contributed by atoms with Crippen molar-refractivity contribution in [1.29, 1.82) is 0 Å². The third-order valence-electron chi connectivity index (χ3n) is 3.91. The first-order chi connectivity index (χ1) is 12.5. The number of aliphatic carboxylic acids is 1. The molecule has 0 radical (unpaired) electrons. The number of amides is 2. The van der Waals surface area contributed by atoms with Crippen molar-refractivity contribution in [1.82, 2.24) is 10.6 Å². The Morgan fingerprint density at radius 2 is 1.67 bits per heavy atom. The highest BCUT2D eigenvalue weighted by atomic mass is 32.1. The first-order valence-electron chi connectivity index (χ1n) is 9.14. The molecular formula is C20H30N2O4S. The fourth-order valence-corrected chi connectivity index (χ4v) is 3.33.